The molecule has 0 unspecified atom stereocenters. The molecule has 0 atom stereocenters. The summed E-state index contributed by atoms with van der Waals surface area (Å²) >= 11 is 0. The fourth-order valence-electron chi connectivity index (χ4n) is 2.01. The first kappa shape index (κ1) is 15.4. The van der Waals surface area contributed by atoms with Gasteiger partial charge in [-0.05, 0) is 31.2 Å². The van der Waals surface area contributed by atoms with Crippen LogP contribution >= 0.6 is 0 Å². The highest BCUT2D eigenvalue weighted by Gasteiger charge is 2.14. The minimum absolute atomic E-state index is 0.108. The minimum atomic E-state index is -0.474. The monoisotopic (exact) mass is 322 g/mol. The summed E-state index contributed by atoms with van der Waals surface area (Å²) in [5.74, 6) is -0.00141. The van der Waals surface area contributed by atoms with Gasteiger partial charge < -0.3 is 15.2 Å². The zero-order valence-electron chi connectivity index (χ0n) is 12.8. The molecule has 0 radical (unpaired) electrons. The van der Waals surface area contributed by atoms with Crippen molar-refractivity contribution in [2.24, 2.45) is 0 Å². The number of amides is 2. The molecule has 0 aliphatic carbocycles. The van der Waals surface area contributed by atoms with Crippen LogP contribution in [0.15, 0.2) is 59.1 Å². The lowest BCUT2D eigenvalue weighted by atomic mass is 10.2. The average Bonchev–Trinajstić information content (AvgIpc) is 3.00. The summed E-state index contributed by atoms with van der Waals surface area (Å²) in [6.45, 7) is 1.72. The normalized spacial score (nSPS) is 10.2. The van der Waals surface area contributed by atoms with Crippen LogP contribution < -0.4 is 10.6 Å². The predicted molar refractivity (Wildman–Crippen MR) is 87.8 cm³/mol. The maximum Gasteiger partial charge on any atom is 0.275 e. The molecule has 2 N–H and O–H groups in total. The van der Waals surface area contributed by atoms with Crippen molar-refractivity contribution in [1.29, 1.82) is 0 Å². The third-order valence-corrected chi connectivity index (χ3v) is 3.12. The maximum atomic E-state index is 12.2. The largest absolute Gasteiger partial charge is 0.360 e. The Kier molecular flexibility index (Phi) is 4.33. The van der Waals surface area contributed by atoms with Crippen molar-refractivity contribution in [2.75, 3.05) is 10.6 Å². The van der Waals surface area contributed by atoms with Gasteiger partial charge in [0.25, 0.3) is 11.8 Å². The third-order valence-electron chi connectivity index (χ3n) is 3.12. The second kappa shape index (κ2) is 6.74. The first-order valence-corrected chi connectivity index (χ1v) is 7.20. The summed E-state index contributed by atoms with van der Waals surface area (Å²) in [5.41, 5.74) is 0.899. The van der Waals surface area contributed by atoms with Crippen LogP contribution in [0.4, 0.5) is 11.5 Å². The first-order chi connectivity index (χ1) is 11.6. The Labute approximate surface area is 137 Å². The van der Waals surface area contributed by atoms with E-state index in [2.05, 4.69) is 20.8 Å². The first-order valence-electron chi connectivity index (χ1n) is 7.20. The number of aryl methyl sites for hydroxylation is 1. The van der Waals surface area contributed by atoms with E-state index in [9.17, 15) is 9.59 Å². The Bertz CT molecular complexity index is 874. The molecule has 7 nitrogen and oxygen atoms in total. The van der Waals surface area contributed by atoms with E-state index in [-0.39, 0.29) is 11.4 Å². The summed E-state index contributed by atoms with van der Waals surface area (Å²) in [6.07, 6.45) is 0. The number of pyridine rings is 1. The summed E-state index contributed by atoms with van der Waals surface area (Å²) in [4.78, 5) is 28.5. The molecular weight excluding hydrogens is 308 g/mol. The van der Waals surface area contributed by atoms with Gasteiger partial charge in [0.1, 0.15) is 17.1 Å². The SMILES string of the molecule is Cc1cc(NC(=O)c2cccc(C(=O)Nc3ccccc3)n2)no1. The van der Waals surface area contributed by atoms with Gasteiger partial charge in [0.05, 0.1) is 0 Å². The van der Waals surface area contributed by atoms with Crippen LogP contribution in [0.2, 0.25) is 0 Å². The average molecular weight is 322 g/mol. The highest BCUT2D eigenvalue weighted by atomic mass is 16.5. The lowest BCUT2D eigenvalue weighted by molar-refractivity contribution is 0.101. The molecule has 2 heterocycles. The fraction of sp³-hybridized carbons (Fsp3) is 0.0588. The van der Waals surface area contributed by atoms with Gasteiger partial charge >= 0.3 is 0 Å². The van der Waals surface area contributed by atoms with Crippen LogP contribution in [0.5, 0.6) is 0 Å². The van der Waals surface area contributed by atoms with Crippen LogP contribution in [0, 0.1) is 6.92 Å². The van der Waals surface area contributed by atoms with E-state index < -0.39 is 11.8 Å². The smallest absolute Gasteiger partial charge is 0.275 e. The van der Waals surface area contributed by atoms with Gasteiger partial charge in [0, 0.05) is 11.8 Å². The van der Waals surface area contributed by atoms with Crippen molar-refractivity contribution in [2.45, 2.75) is 6.92 Å². The summed E-state index contributed by atoms with van der Waals surface area (Å²) in [6, 6.07) is 15.2. The van der Waals surface area contributed by atoms with E-state index in [0.717, 1.165) is 0 Å². The molecule has 120 valence electrons. The summed E-state index contributed by atoms with van der Waals surface area (Å²) in [5, 5.41) is 8.95. The van der Waals surface area contributed by atoms with Crippen molar-refractivity contribution in [3.05, 3.63) is 71.7 Å². The molecule has 0 spiro atoms. The molecule has 24 heavy (non-hydrogen) atoms. The van der Waals surface area contributed by atoms with E-state index in [1.807, 2.05) is 18.2 Å². The highest BCUT2D eigenvalue weighted by molar-refractivity contribution is 6.05. The van der Waals surface area contributed by atoms with Crippen LogP contribution in [-0.2, 0) is 0 Å². The topological polar surface area (TPSA) is 97.1 Å². The molecule has 0 saturated carbocycles. The second-order valence-electron chi connectivity index (χ2n) is 5.01. The van der Waals surface area contributed by atoms with Crippen molar-refractivity contribution in [3.8, 4) is 0 Å². The number of carbonyl (C=O) groups excluding carboxylic acids is 2. The predicted octanol–water partition coefficient (Wildman–Crippen LogP) is 2.88. The summed E-state index contributed by atoms with van der Waals surface area (Å²) in [7, 11) is 0. The van der Waals surface area contributed by atoms with Crippen molar-refractivity contribution >= 4 is 23.3 Å². The molecule has 2 aromatic heterocycles. The zero-order valence-corrected chi connectivity index (χ0v) is 12.8. The maximum absolute atomic E-state index is 12.2. The van der Waals surface area contributed by atoms with Gasteiger partial charge in [-0.15, -0.1) is 0 Å². The van der Waals surface area contributed by atoms with Crippen LogP contribution in [0.3, 0.4) is 0 Å². The minimum Gasteiger partial charge on any atom is -0.360 e. The molecule has 2 amide bonds. The molecular formula is C17H14N4O3. The van der Waals surface area contributed by atoms with Gasteiger partial charge in [-0.1, -0.05) is 29.4 Å². The number of aromatic nitrogens is 2. The fourth-order valence-corrected chi connectivity index (χ4v) is 2.01. The molecule has 3 aromatic rings. The molecule has 0 fully saturated rings. The van der Waals surface area contributed by atoms with Crippen molar-refractivity contribution in [3.63, 3.8) is 0 Å². The molecule has 0 aliphatic rings. The number of para-hydroxylation sites is 1. The van der Waals surface area contributed by atoms with E-state index >= 15 is 0 Å². The Morgan fingerprint density at radius 3 is 2.21 bits per heavy atom. The molecule has 3 rings (SSSR count). The van der Waals surface area contributed by atoms with E-state index in [0.29, 0.717) is 17.3 Å². The van der Waals surface area contributed by atoms with Crippen LogP contribution in [0.25, 0.3) is 0 Å². The number of nitrogens with zero attached hydrogens (tertiary/aromatic N) is 2. The Morgan fingerprint density at radius 2 is 1.58 bits per heavy atom. The van der Waals surface area contributed by atoms with Gasteiger partial charge in [-0.2, -0.15) is 0 Å². The Balaban J connectivity index is 1.73. The van der Waals surface area contributed by atoms with Gasteiger partial charge in [0.15, 0.2) is 5.82 Å². The molecule has 0 saturated heterocycles. The Hall–Kier alpha value is -3.48. The standard InChI is InChI=1S/C17H14N4O3/c1-11-10-15(21-24-11)20-17(23)14-9-5-8-13(19-14)16(22)18-12-6-3-2-4-7-12/h2-10H,1H3,(H,18,22)(H,20,21,23). The zero-order chi connectivity index (χ0) is 16.9. The quantitative estimate of drug-likeness (QED) is 0.770. The van der Waals surface area contributed by atoms with Gasteiger partial charge in [0.2, 0.25) is 0 Å². The number of rotatable bonds is 4. The second-order valence-corrected chi connectivity index (χ2v) is 5.01. The number of nitrogens with one attached hydrogen (secondary N) is 2. The van der Waals surface area contributed by atoms with Gasteiger partial charge in [-0.3, -0.25) is 9.59 Å². The van der Waals surface area contributed by atoms with Crippen molar-refractivity contribution < 1.29 is 14.1 Å². The lowest BCUT2D eigenvalue weighted by Gasteiger charge is -2.06. The number of benzene rings is 1. The lowest BCUT2D eigenvalue weighted by Crippen LogP contribution is -2.18. The van der Waals surface area contributed by atoms with Crippen LogP contribution in [0.1, 0.15) is 26.7 Å². The van der Waals surface area contributed by atoms with E-state index in [1.165, 1.54) is 12.1 Å². The van der Waals surface area contributed by atoms with E-state index in [1.54, 1.807) is 31.2 Å². The number of anilines is 2. The van der Waals surface area contributed by atoms with Crippen LogP contribution in [-0.4, -0.2) is 22.0 Å². The number of hydrogen-bond acceptors (Lipinski definition) is 5. The van der Waals surface area contributed by atoms with Gasteiger partial charge in [-0.25, -0.2) is 4.98 Å². The number of carbonyl (C=O) groups is 2. The number of hydrogen-bond donors (Lipinski definition) is 2. The summed E-state index contributed by atoms with van der Waals surface area (Å²) < 4.78 is 4.88. The van der Waals surface area contributed by atoms with Crippen molar-refractivity contribution in [1.82, 2.24) is 10.1 Å². The molecule has 0 bridgehead atoms. The molecule has 7 heteroatoms. The molecule has 0 aliphatic heterocycles. The highest BCUT2D eigenvalue weighted by Crippen LogP contribution is 2.11. The third kappa shape index (κ3) is 3.64. The molecule has 1 aromatic carbocycles. The Morgan fingerprint density at radius 1 is 0.917 bits per heavy atom. The van der Waals surface area contributed by atoms with E-state index in [4.69, 9.17) is 4.52 Å².